The van der Waals surface area contributed by atoms with Crippen molar-refractivity contribution >= 4 is 28.3 Å². The van der Waals surface area contributed by atoms with E-state index in [2.05, 4.69) is 26.7 Å². The summed E-state index contributed by atoms with van der Waals surface area (Å²) in [6.45, 7) is 0.916. The lowest BCUT2D eigenvalue weighted by Gasteiger charge is -2.13. The van der Waals surface area contributed by atoms with Gasteiger partial charge in [0.2, 0.25) is 5.91 Å². The van der Waals surface area contributed by atoms with E-state index in [0.717, 1.165) is 35.1 Å². The normalized spacial score (nSPS) is 13.9. The Morgan fingerprint density at radius 3 is 2.89 bits per heavy atom. The number of aromatic amines is 1. The van der Waals surface area contributed by atoms with Crippen LogP contribution in [0.5, 0.6) is 0 Å². The van der Waals surface area contributed by atoms with E-state index < -0.39 is 0 Å². The molecule has 1 aliphatic rings. The predicted molar refractivity (Wildman–Crippen MR) is 115 cm³/mol. The summed E-state index contributed by atoms with van der Waals surface area (Å²) < 4.78 is 0. The van der Waals surface area contributed by atoms with Gasteiger partial charge in [-0.1, -0.05) is 29.8 Å². The summed E-state index contributed by atoms with van der Waals surface area (Å²) in [6, 6.07) is 11.8. The summed E-state index contributed by atoms with van der Waals surface area (Å²) in [5.74, 6) is 0.507. The molecule has 0 aliphatic heterocycles. The van der Waals surface area contributed by atoms with E-state index in [9.17, 15) is 4.79 Å². The number of rotatable bonds is 7. The first kappa shape index (κ1) is 18.3. The molecule has 0 unspecified atom stereocenters. The molecule has 0 saturated carbocycles. The number of benzene rings is 1. The minimum atomic E-state index is -0.0674. The van der Waals surface area contributed by atoms with E-state index in [1.807, 2.05) is 42.6 Å². The maximum Gasteiger partial charge on any atom is 0.230 e. The number of anilines is 2. The molecule has 3 N–H and O–H groups in total. The van der Waals surface area contributed by atoms with Gasteiger partial charge in [0.1, 0.15) is 5.82 Å². The highest BCUT2D eigenvalue weighted by Crippen LogP contribution is 2.21. The highest BCUT2D eigenvalue weighted by molar-refractivity contribution is 5.95. The van der Waals surface area contributed by atoms with E-state index in [1.54, 1.807) is 11.8 Å². The maximum absolute atomic E-state index is 12.4. The van der Waals surface area contributed by atoms with Crippen molar-refractivity contribution in [1.82, 2.24) is 9.97 Å². The van der Waals surface area contributed by atoms with Gasteiger partial charge in [0.05, 0.1) is 18.3 Å². The zero-order valence-electron chi connectivity index (χ0n) is 16.0. The van der Waals surface area contributed by atoms with Crippen molar-refractivity contribution in [3.63, 3.8) is 0 Å². The number of nitrogens with zero attached hydrogens (tertiary/aromatic N) is 1. The van der Waals surface area contributed by atoms with Crippen LogP contribution in [0.15, 0.2) is 60.4 Å². The zero-order chi connectivity index (χ0) is 19.2. The number of fused-ring (bicyclic) bond motifs is 1. The van der Waals surface area contributed by atoms with E-state index >= 15 is 0 Å². The molecule has 144 valence electrons. The SMILES string of the molecule is O=C(Cc1c[nH]c2ccccc12)Nc1ccc(NCCC2=CCCCC2)cn1. The smallest absolute Gasteiger partial charge is 0.230 e. The number of nitrogens with one attached hydrogen (secondary N) is 3. The fraction of sp³-hybridized carbons (Fsp3) is 0.304. The van der Waals surface area contributed by atoms with Crippen LogP contribution in [0, 0.1) is 0 Å². The van der Waals surface area contributed by atoms with Crippen molar-refractivity contribution in [3.05, 3.63) is 66.0 Å². The highest BCUT2D eigenvalue weighted by Gasteiger charge is 2.09. The summed E-state index contributed by atoms with van der Waals surface area (Å²) in [5, 5.41) is 7.37. The van der Waals surface area contributed by atoms with Crippen LogP contribution in [-0.4, -0.2) is 22.4 Å². The molecule has 4 rings (SSSR count). The van der Waals surface area contributed by atoms with Crippen LogP contribution in [0.3, 0.4) is 0 Å². The molecule has 0 bridgehead atoms. The first-order chi connectivity index (χ1) is 13.8. The van der Waals surface area contributed by atoms with Gasteiger partial charge in [-0.15, -0.1) is 0 Å². The molecule has 0 saturated heterocycles. The number of para-hydroxylation sites is 1. The fourth-order valence-corrected chi connectivity index (χ4v) is 3.71. The van der Waals surface area contributed by atoms with E-state index in [1.165, 1.54) is 25.7 Å². The third-order valence-electron chi connectivity index (χ3n) is 5.22. The highest BCUT2D eigenvalue weighted by atomic mass is 16.1. The molecule has 0 fully saturated rings. The number of hydrogen-bond acceptors (Lipinski definition) is 3. The number of hydrogen-bond donors (Lipinski definition) is 3. The Morgan fingerprint density at radius 1 is 1.14 bits per heavy atom. The monoisotopic (exact) mass is 374 g/mol. The third-order valence-corrected chi connectivity index (χ3v) is 5.22. The Kier molecular flexibility index (Phi) is 5.71. The number of carbonyl (C=O) groups is 1. The van der Waals surface area contributed by atoms with Gasteiger partial charge >= 0.3 is 0 Å². The van der Waals surface area contributed by atoms with Crippen molar-refractivity contribution < 1.29 is 4.79 Å². The minimum absolute atomic E-state index is 0.0674. The van der Waals surface area contributed by atoms with Crippen LogP contribution in [0.4, 0.5) is 11.5 Å². The second-order valence-electron chi connectivity index (χ2n) is 7.30. The van der Waals surface area contributed by atoms with Crippen molar-refractivity contribution in [2.45, 2.75) is 38.5 Å². The summed E-state index contributed by atoms with van der Waals surface area (Å²) in [6.07, 6.45) is 12.6. The number of carbonyl (C=O) groups excluding carboxylic acids is 1. The summed E-state index contributed by atoms with van der Waals surface area (Å²) >= 11 is 0. The van der Waals surface area contributed by atoms with Gasteiger partial charge in [-0.25, -0.2) is 4.98 Å². The predicted octanol–water partition coefficient (Wildman–Crippen LogP) is 5.05. The number of pyridine rings is 1. The molecule has 5 nitrogen and oxygen atoms in total. The molecule has 28 heavy (non-hydrogen) atoms. The maximum atomic E-state index is 12.4. The second-order valence-corrected chi connectivity index (χ2v) is 7.30. The molecule has 0 radical (unpaired) electrons. The lowest BCUT2D eigenvalue weighted by Crippen LogP contribution is -2.15. The van der Waals surface area contributed by atoms with Gasteiger partial charge in [0.25, 0.3) is 0 Å². The largest absolute Gasteiger partial charge is 0.383 e. The molecule has 3 aromatic rings. The Morgan fingerprint density at radius 2 is 2.07 bits per heavy atom. The first-order valence-corrected chi connectivity index (χ1v) is 10.0. The topological polar surface area (TPSA) is 69.8 Å². The Bertz CT molecular complexity index is 972. The van der Waals surface area contributed by atoms with Crippen LogP contribution in [0.2, 0.25) is 0 Å². The van der Waals surface area contributed by atoms with Crippen LogP contribution < -0.4 is 10.6 Å². The van der Waals surface area contributed by atoms with Gasteiger partial charge in [0.15, 0.2) is 0 Å². The molecular weight excluding hydrogens is 348 g/mol. The quantitative estimate of drug-likeness (QED) is 0.507. The Balaban J connectivity index is 1.27. The average Bonchev–Trinajstić information content (AvgIpc) is 3.13. The van der Waals surface area contributed by atoms with Crippen LogP contribution in [-0.2, 0) is 11.2 Å². The van der Waals surface area contributed by atoms with E-state index in [-0.39, 0.29) is 5.91 Å². The lowest BCUT2D eigenvalue weighted by molar-refractivity contribution is -0.115. The summed E-state index contributed by atoms with van der Waals surface area (Å²) in [7, 11) is 0. The molecule has 1 aliphatic carbocycles. The Labute approximate surface area is 165 Å². The number of aromatic nitrogens is 2. The Hall–Kier alpha value is -3.08. The molecule has 2 heterocycles. The van der Waals surface area contributed by atoms with Gasteiger partial charge in [-0.3, -0.25) is 4.79 Å². The van der Waals surface area contributed by atoms with Crippen LogP contribution >= 0.6 is 0 Å². The number of allylic oxidation sites excluding steroid dienone is 1. The first-order valence-electron chi connectivity index (χ1n) is 10.0. The second kappa shape index (κ2) is 8.74. The molecule has 1 aromatic carbocycles. The molecule has 2 aromatic heterocycles. The van der Waals surface area contributed by atoms with Gasteiger partial charge in [-0.05, 0) is 55.9 Å². The molecule has 5 heteroatoms. The standard InChI is InChI=1S/C23H26N4O/c28-23(14-18-15-25-21-9-5-4-8-20(18)21)27-22-11-10-19(16-26-22)24-13-12-17-6-2-1-3-7-17/h4-6,8-11,15-16,24-25H,1-3,7,12-14H2,(H,26,27,28). The average molecular weight is 374 g/mol. The number of H-pyrrole nitrogens is 1. The molecule has 0 spiro atoms. The van der Waals surface area contributed by atoms with Crippen molar-refractivity contribution in [1.29, 1.82) is 0 Å². The molecular formula is C23H26N4O. The van der Waals surface area contributed by atoms with Crippen molar-refractivity contribution in [2.24, 2.45) is 0 Å². The fourth-order valence-electron chi connectivity index (χ4n) is 3.71. The molecule has 1 amide bonds. The minimum Gasteiger partial charge on any atom is -0.383 e. The number of amides is 1. The third kappa shape index (κ3) is 4.60. The van der Waals surface area contributed by atoms with Gasteiger partial charge in [-0.2, -0.15) is 0 Å². The summed E-state index contributed by atoms with van der Waals surface area (Å²) in [5.41, 5.74) is 4.57. The van der Waals surface area contributed by atoms with E-state index in [0.29, 0.717) is 12.2 Å². The van der Waals surface area contributed by atoms with Crippen LogP contribution in [0.25, 0.3) is 10.9 Å². The van der Waals surface area contributed by atoms with Gasteiger partial charge < -0.3 is 15.6 Å². The lowest BCUT2D eigenvalue weighted by atomic mass is 9.97. The zero-order valence-corrected chi connectivity index (χ0v) is 16.0. The van der Waals surface area contributed by atoms with Crippen molar-refractivity contribution in [3.8, 4) is 0 Å². The summed E-state index contributed by atoms with van der Waals surface area (Å²) in [4.78, 5) is 19.9. The van der Waals surface area contributed by atoms with Gasteiger partial charge in [0, 0.05) is 23.6 Å². The van der Waals surface area contributed by atoms with Crippen molar-refractivity contribution in [2.75, 3.05) is 17.2 Å². The van der Waals surface area contributed by atoms with Crippen LogP contribution in [0.1, 0.15) is 37.7 Å². The molecule has 0 atom stereocenters. The van der Waals surface area contributed by atoms with E-state index in [4.69, 9.17) is 0 Å².